The first-order valence-electron chi connectivity index (χ1n) is 8.12. The second-order valence-corrected chi connectivity index (χ2v) is 8.57. The number of nitrogens with zero attached hydrogens (tertiary/aromatic N) is 1. The molecule has 1 fully saturated rings. The van der Waals surface area contributed by atoms with Crippen molar-refractivity contribution < 1.29 is 14.3 Å². The molecule has 0 spiro atoms. The zero-order chi connectivity index (χ0) is 17.7. The third-order valence-corrected chi connectivity index (χ3v) is 6.91. The monoisotopic (exact) mass is 311 g/mol. The molecule has 0 bridgehead atoms. The number of likely N-dealkylation sites (tertiary alicyclic amines) is 1. The van der Waals surface area contributed by atoms with Crippen molar-refractivity contribution in [3.05, 3.63) is 0 Å². The predicted octanol–water partition coefficient (Wildman–Crippen LogP) is 3.29. The van der Waals surface area contributed by atoms with Crippen molar-refractivity contribution in [2.24, 2.45) is 16.7 Å². The number of carbonyl (C=O) groups is 2. The Labute approximate surface area is 135 Å². The highest BCUT2D eigenvalue weighted by Crippen LogP contribution is 2.54. The number of Topliss-reactive ketones (excluding diaryl/α,β-unsaturated/α-hetero) is 1. The summed E-state index contributed by atoms with van der Waals surface area (Å²) in [5.74, 6) is -1.19. The first kappa shape index (κ1) is 19.1. The molecule has 1 unspecified atom stereocenters. The van der Waals surface area contributed by atoms with E-state index in [1.165, 1.54) is 0 Å². The summed E-state index contributed by atoms with van der Waals surface area (Å²) in [7, 11) is 2.05. The van der Waals surface area contributed by atoms with E-state index in [9.17, 15) is 9.59 Å². The average Bonchev–Trinajstić information content (AvgIpc) is 2.37. The van der Waals surface area contributed by atoms with E-state index in [0.29, 0.717) is 6.61 Å². The van der Waals surface area contributed by atoms with Gasteiger partial charge in [-0.3, -0.25) is 14.5 Å². The van der Waals surface area contributed by atoms with Crippen LogP contribution in [0.25, 0.3) is 0 Å². The van der Waals surface area contributed by atoms with Gasteiger partial charge in [0.05, 0.1) is 6.61 Å². The molecule has 0 aromatic heterocycles. The van der Waals surface area contributed by atoms with E-state index >= 15 is 0 Å². The quantitative estimate of drug-likeness (QED) is 0.580. The van der Waals surface area contributed by atoms with Gasteiger partial charge in [-0.15, -0.1) is 0 Å². The maximum absolute atomic E-state index is 13.3. The Morgan fingerprint density at radius 2 is 1.50 bits per heavy atom. The molecule has 0 aromatic carbocycles. The standard InChI is InChI=1S/C18H33NO3/c1-11-22-14(21)12-13(20)16(4,5)18(8,9)19(10)17(6,7)15(12,2)3/h12H,11H2,1-10H3. The van der Waals surface area contributed by atoms with Gasteiger partial charge in [0.15, 0.2) is 5.78 Å². The van der Waals surface area contributed by atoms with Crippen LogP contribution in [-0.2, 0) is 14.3 Å². The van der Waals surface area contributed by atoms with Gasteiger partial charge >= 0.3 is 5.97 Å². The van der Waals surface area contributed by atoms with Gasteiger partial charge in [-0.05, 0) is 41.7 Å². The molecule has 0 aliphatic carbocycles. The molecule has 0 aromatic rings. The number of hydrogen-bond donors (Lipinski definition) is 0. The number of hydrogen-bond acceptors (Lipinski definition) is 4. The maximum atomic E-state index is 13.3. The highest BCUT2D eigenvalue weighted by Gasteiger charge is 2.63. The van der Waals surface area contributed by atoms with Crippen molar-refractivity contribution >= 4 is 11.8 Å². The van der Waals surface area contributed by atoms with Crippen LogP contribution in [0.4, 0.5) is 0 Å². The molecule has 1 saturated heterocycles. The summed E-state index contributed by atoms with van der Waals surface area (Å²) in [6.45, 7) is 18.3. The number of ketones is 1. The molecule has 0 N–H and O–H groups in total. The van der Waals surface area contributed by atoms with Gasteiger partial charge in [0.1, 0.15) is 5.92 Å². The largest absolute Gasteiger partial charge is 0.465 e. The van der Waals surface area contributed by atoms with Gasteiger partial charge in [0, 0.05) is 21.9 Å². The summed E-state index contributed by atoms with van der Waals surface area (Å²) in [5.41, 5.74) is -1.94. The predicted molar refractivity (Wildman–Crippen MR) is 88.6 cm³/mol. The third kappa shape index (κ3) is 2.31. The second kappa shape index (κ2) is 5.33. The highest BCUT2D eigenvalue weighted by molar-refractivity contribution is 6.03. The fraction of sp³-hybridized carbons (Fsp3) is 0.889. The smallest absolute Gasteiger partial charge is 0.317 e. The molecule has 4 heteroatoms. The molecule has 0 radical (unpaired) electrons. The SMILES string of the molecule is CCOC(=O)C1C(=O)C(C)(C)C(C)(C)N(C)C(C)(C)C1(C)C. The fourth-order valence-electron chi connectivity index (χ4n) is 3.52. The van der Waals surface area contributed by atoms with E-state index in [2.05, 4.69) is 32.6 Å². The summed E-state index contributed by atoms with van der Waals surface area (Å²) in [6.07, 6.45) is 0. The van der Waals surface area contributed by atoms with E-state index in [1.54, 1.807) is 6.92 Å². The molecule has 128 valence electrons. The molecule has 1 aliphatic heterocycles. The van der Waals surface area contributed by atoms with Gasteiger partial charge in [-0.25, -0.2) is 0 Å². The Morgan fingerprint density at radius 1 is 1.05 bits per heavy atom. The summed E-state index contributed by atoms with van der Waals surface area (Å²) >= 11 is 0. The van der Waals surface area contributed by atoms with Crippen molar-refractivity contribution in [1.82, 2.24) is 4.90 Å². The average molecular weight is 311 g/mol. The molecular weight excluding hydrogens is 278 g/mol. The van der Waals surface area contributed by atoms with Crippen LogP contribution in [0.1, 0.15) is 62.3 Å². The zero-order valence-corrected chi connectivity index (χ0v) is 16.0. The van der Waals surface area contributed by atoms with Crippen LogP contribution in [0, 0.1) is 16.7 Å². The molecule has 22 heavy (non-hydrogen) atoms. The minimum Gasteiger partial charge on any atom is -0.465 e. The van der Waals surface area contributed by atoms with Crippen LogP contribution in [-0.4, -0.2) is 41.4 Å². The molecule has 1 rings (SSSR count). The van der Waals surface area contributed by atoms with Crippen LogP contribution in [0.15, 0.2) is 0 Å². The van der Waals surface area contributed by atoms with Gasteiger partial charge < -0.3 is 4.74 Å². The number of rotatable bonds is 2. The van der Waals surface area contributed by atoms with E-state index in [0.717, 1.165) is 0 Å². The number of esters is 1. The van der Waals surface area contributed by atoms with Crippen LogP contribution in [0.5, 0.6) is 0 Å². The molecule has 1 aliphatic rings. The minimum atomic E-state index is -0.762. The van der Waals surface area contributed by atoms with Crippen molar-refractivity contribution in [3.8, 4) is 0 Å². The summed E-state index contributed by atoms with van der Waals surface area (Å²) in [6, 6.07) is 0. The molecule has 1 heterocycles. The van der Waals surface area contributed by atoms with Crippen molar-refractivity contribution in [2.75, 3.05) is 13.7 Å². The molecule has 4 nitrogen and oxygen atoms in total. The van der Waals surface area contributed by atoms with Gasteiger partial charge in [-0.1, -0.05) is 27.7 Å². The summed E-state index contributed by atoms with van der Waals surface area (Å²) < 4.78 is 5.25. The molecule has 0 amide bonds. The fourth-order valence-corrected chi connectivity index (χ4v) is 3.52. The normalized spacial score (nSPS) is 29.7. The Morgan fingerprint density at radius 3 is 1.91 bits per heavy atom. The van der Waals surface area contributed by atoms with Gasteiger partial charge in [0.25, 0.3) is 0 Å². The second-order valence-electron chi connectivity index (χ2n) is 8.57. The van der Waals surface area contributed by atoms with Gasteiger partial charge in [0.2, 0.25) is 0 Å². The van der Waals surface area contributed by atoms with Crippen LogP contribution < -0.4 is 0 Å². The Hall–Kier alpha value is -0.900. The number of ether oxygens (including phenoxy) is 1. The Bertz CT molecular complexity index is 475. The first-order valence-corrected chi connectivity index (χ1v) is 8.12. The summed E-state index contributed by atoms with van der Waals surface area (Å²) in [4.78, 5) is 28.2. The summed E-state index contributed by atoms with van der Waals surface area (Å²) in [5, 5.41) is 0. The van der Waals surface area contributed by atoms with Crippen LogP contribution in [0.3, 0.4) is 0 Å². The Balaban J connectivity index is 3.65. The van der Waals surface area contributed by atoms with E-state index in [-0.39, 0.29) is 16.9 Å². The number of carbonyl (C=O) groups excluding carboxylic acids is 2. The van der Waals surface area contributed by atoms with Crippen molar-refractivity contribution in [2.45, 2.75) is 73.4 Å². The van der Waals surface area contributed by atoms with Crippen molar-refractivity contribution in [3.63, 3.8) is 0 Å². The zero-order valence-electron chi connectivity index (χ0n) is 16.0. The van der Waals surface area contributed by atoms with Crippen molar-refractivity contribution in [1.29, 1.82) is 0 Å². The third-order valence-electron chi connectivity index (χ3n) is 6.91. The lowest BCUT2D eigenvalue weighted by Gasteiger charge is -2.54. The molecular formula is C18H33NO3. The lowest BCUT2D eigenvalue weighted by atomic mass is 9.62. The first-order chi connectivity index (χ1) is 9.67. The highest BCUT2D eigenvalue weighted by atomic mass is 16.5. The van der Waals surface area contributed by atoms with Gasteiger partial charge in [-0.2, -0.15) is 0 Å². The molecule has 0 saturated carbocycles. The topological polar surface area (TPSA) is 46.6 Å². The maximum Gasteiger partial charge on any atom is 0.317 e. The van der Waals surface area contributed by atoms with Crippen LogP contribution >= 0.6 is 0 Å². The minimum absolute atomic E-state index is 0.0293. The van der Waals surface area contributed by atoms with E-state index in [1.807, 2.05) is 34.7 Å². The molecule has 1 atom stereocenters. The van der Waals surface area contributed by atoms with Crippen LogP contribution in [0.2, 0.25) is 0 Å². The lowest BCUT2D eigenvalue weighted by molar-refractivity contribution is -0.160. The Kier molecular flexibility index (Phi) is 4.64. The van der Waals surface area contributed by atoms with E-state index < -0.39 is 22.7 Å². The van der Waals surface area contributed by atoms with E-state index in [4.69, 9.17) is 4.74 Å². The lowest BCUT2D eigenvalue weighted by Crippen LogP contribution is -2.62.